The van der Waals surface area contributed by atoms with Gasteiger partial charge in [-0.05, 0) is 37.2 Å². The van der Waals surface area contributed by atoms with Crippen LogP contribution in [-0.4, -0.2) is 73.2 Å². The number of hydrogen-bond donors (Lipinski definition) is 1. The van der Waals surface area contributed by atoms with Crippen molar-refractivity contribution in [1.29, 1.82) is 0 Å². The van der Waals surface area contributed by atoms with Gasteiger partial charge in [-0.1, -0.05) is 0 Å². The Hall–Kier alpha value is -2.82. The van der Waals surface area contributed by atoms with Crippen molar-refractivity contribution >= 4 is 33.3 Å². The van der Waals surface area contributed by atoms with E-state index >= 15 is 0 Å². The van der Waals surface area contributed by atoms with E-state index in [-0.39, 0.29) is 12.5 Å². The number of hydrogen-bond acceptors (Lipinski definition) is 9. The number of methoxy groups -OCH3 is 2. The highest BCUT2D eigenvalue weighted by Crippen LogP contribution is 2.35. The quantitative estimate of drug-likeness (QED) is 0.579. The van der Waals surface area contributed by atoms with Gasteiger partial charge in [0.15, 0.2) is 5.82 Å². The van der Waals surface area contributed by atoms with Crippen molar-refractivity contribution in [3.63, 3.8) is 0 Å². The third kappa shape index (κ3) is 4.67. The normalized spacial score (nSPS) is 14.7. The fourth-order valence-corrected chi connectivity index (χ4v) is 4.85. The van der Waals surface area contributed by atoms with Crippen molar-refractivity contribution in [3.05, 3.63) is 40.2 Å². The molecule has 0 bridgehead atoms. The van der Waals surface area contributed by atoms with E-state index in [1.54, 1.807) is 20.4 Å². The molecule has 1 aliphatic rings. The van der Waals surface area contributed by atoms with E-state index in [9.17, 15) is 4.79 Å². The summed E-state index contributed by atoms with van der Waals surface area (Å²) >= 11 is 1.34. The Labute approximate surface area is 191 Å². The molecule has 0 radical (unpaired) electrons. The minimum atomic E-state index is -0.140. The largest absolute Gasteiger partial charge is 0.480 e. The molecule has 32 heavy (non-hydrogen) atoms. The predicted octanol–water partition coefficient (Wildman–Crippen LogP) is 2.23. The number of aryl methyl sites for hydroxylation is 1. The van der Waals surface area contributed by atoms with Gasteiger partial charge >= 0.3 is 0 Å². The standard InChI is InChI=1S/C22H28N6O3S/c1-14-18-21(31-4)25-16(13-30-3)26-22(18)32-19(14)20(29)24-12-15-5-6-23-17(11-15)28-9-7-27(2)8-10-28/h5-6,11H,7-10,12-13H2,1-4H3,(H,24,29). The lowest BCUT2D eigenvalue weighted by Crippen LogP contribution is -2.44. The number of nitrogens with zero attached hydrogens (tertiary/aromatic N) is 5. The summed E-state index contributed by atoms with van der Waals surface area (Å²) in [6.45, 7) is 6.55. The summed E-state index contributed by atoms with van der Waals surface area (Å²) in [7, 11) is 5.29. The molecule has 0 aliphatic carbocycles. The molecule has 9 nitrogen and oxygen atoms in total. The smallest absolute Gasteiger partial charge is 0.261 e. The Bertz CT molecular complexity index is 1110. The van der Waals surface area contributed by atoms with Gasteiger partial charge in [-0.25, -0.2) is 9.97 Å². The van der Waals surface area contributed by atoms with Crippen LogP contribution in [0, 0.1) is 6.92 Å². The number of amides is 1. The van der Waals surface area contributed by atoms with Crippen LogP contribution < -0.4 is 15.0 Å². The molecule has 1 fully saturated rings. The number of likely N-dealkylation sites (N-methyl/N-ethyl adjacent to an activating group) is 1. The third-order valence-electron chi connectivity index (χ3n) is 5.57. The molecule has 1 aliphatic heterocycles. The van der Waals surface area contributed by atoms with Crippen molar-refractivity contribution in [3.8, 4) is 5.88 Å². The van der Waals surface area contributed by atoms with Crippen LogP contribution in [0.2, 0.25) is 0 Å². The monoisotopic (exact) mass is 456 g/mol. The van der Waals surface area contributed by atoms with Crippen LogP contribution in [0.15, 0.2) is 18.3 Å². The molecule has 1 amide bonds. The maximum atomic E-state index is 13.0. The Morgan fingerprint density at radius 2 is 2.00 bits per heavy atom. The minimum absolute atomic E-state index is 0.140. The van der Waals surface area contributed by atoms with Crippen LogP contribution >= 0.6 is 11.3 Å². The topological polar surface area (TPSA) is 92.7 Å². The van der Waals surface area contributed by atoms with E-state index in [0.29, 0.717) is 28.0 Å². The van der Waals surface area contributed by atoms with Gasteiger partial charge < -0.3 is 24.6 Å². The minimum Gasteiger partial charge on any atom is -0.480 e. The van der Waals surface area contributed by atoms with Crippen LogP contribution in [0.1, 0.15) is 26.6 Å². The molecule has 3 aromatic heterocycles. The van der Waals surface area contributed by atoms with Crippen molar-refractivity contribution in [1.82, 2.24) is 25.2 Å². The number of carbonyl (C=O) groups is 1. The van der Waals surface area contributed by atoms with E-state index < -0.39 is 0 Å². The fraction of sp³-hybridized carbons (Fsp3) is 0.455. The maximum Gasteiger partial charge on any atom is 0.261 e. The predicted molar refractivity (Wildman–Crippen MR) is 125 cm³/mol. The third-order valence-corrected chi connectivity index (χ3v) is 6.75. The van der Waals surface area contributed by atoms with Crippen LogP contribution in [0.3, 0.4) is 0 Å². The number of fused-ring (bicyclic) bond motifs is 1. The molecule has 1 N–H and O–H groups in total. The van der Waals surface area contributed by atoms with Crippen molar-refractivity contribution in [2.24, 2.45) is 0 Å². The lowest BCUT2D eigenvalue weighted by atomic mass is 10.2. The Balaban J connectivity index is 1.50. The molecule has 3 aromatic rings. The van der Waals surface area contributed by atoms with E-state index in [0.717, 1.165) is 48.5 Å². The Morgan fingerprint density at radius 1 is 1.22 bits per heavy atom. The van der Waals surface area contributed by atoms with Crippen LogP contribution in [0.25, 0.3) is 10.2 Å². The summed E-state index contributed by atoms with van der Waals surface area (Å²) in [5.41, 5.74) is 1.83. The number of piperazine rings is 1. The lowest BCUT2D eigenvalue weighted by molar-refractivity contribution is 0.0954. The number of ether oxygens (including phenoxy) is 2. The molecule has 0 unspecified atom stereocenters. The lowest BCUT2D eigenvalue weighted by Gasteiger charge is -2.33. The first kappa shape index (κ1) is 22.4. The van der Waals surface area contributed by atoms with E-state index in [1.165, 1.54) is 11.3 Å². The first-order chi connectivity index (χ1) is 15.5. The molecular weight excluding hydrogens is 428 g/mol. The SMILES string of the molecule is COCc1nc(OC)c2c(C)c(C(=O)NCc3ccnc(N4CCN(C)CC4)c3)sc2n1. The first-order valence-corrected chi connectivity index (χ1v) is 11.3. The average Bonchev–Trinajstić information content (AvgIpc) is 3.14. The van der Waals surface area contributed by atoms with Gasteiger partial charge in [0.25, 0.3) is 5.91 Å². The molecule has 170 valence electrons. The van der Waals surface area contributed by atoms with Gasteiger partial charge in [-0.15, -0.1) is 11.3 Å². The second-order valence-electron chi connectivity index (χ2n) is 7.81. The van der Waals surface area contributed by atoms with Crippen molar-refractivity contribution in [2.75, 3.05) is 52.3 Å². The highest BCUT2D eigenvalue weighted by atomic mass is 32.1. The number of nitrogens with one attached hydrogen (secondary N) is 1. The van der Waals surface area contributed by atoms with Crippen LogP contribution in [0.4, 0.5) is 5.82 Å². The summed E-state index contributed by atoms with van der Waals surface area (Å²) < 4.78 is 10.6. The highest BCUT2D eigenvalue weighted by molar-refractivity contribution is 7.20. The summed E-state index contributed by atoms with van der Waals surface area (Å²) in [6, 6.07) is 3.98. The molecule has 0 atom stereocenters. The molecule has 0 saturated carbocycles. The number of aromatic nitrogens is 3. The van der Waals surface area contributed by atoms with Crippen LogP contribution in [0.5, 0.6) is 5.88 Å². The molecular formula is C22H28N6O3S. The number of thiophene rings is 1. The van der Waals surface area contributed by atoms with E-state index in [4.69, 9.17) is 9.47 Å². The fourth-order valence-electron chi connectivity index (χ4n) is 3.74. The number of pyridine rings is 1. The number of rotatable bonds is 7. The summed E-state index contributed by atoms with van der Waals surface area (Å²) in [5, 5.41) is 3.80. The molecule has 10 heteroatoms. The highest BCUT2D eigenvalue weighted by Gasteiger charge is 2.21. The van der Waals surface area contributed by atoms with Crippen LogP contribution in [-0.2, 0) is 17.9 Å². The Morgan fingerprint density at radius 3 is 2.72 bits per heavy atom. The Kier molecular flexibility index (Phi) is 6.83. The maximum absolute atomic E-state index is 13.0. The molecule has 1 saturated heterocycles. The molecule has 4 rings (SSSR count). The molecule has 4 heterocycles. The van der Waals surface area contributed by atoms with Crippen molar-refractivity contribution in [2.45, 2.75) is 20.1 Å². The van der Waals surface area contributed by atoms with Gasteiger partial charge in [0.1, 0.15) is 17.3 Å². The zero-order valence-corrected chi connectivity index (χ0v) is 19.7. The second-order valence-corrected chi connectivity index (χ2v) is 8.81. The van der Waals surface area contributed by atoms with Gasteiger partial charge in [-0.3, -0.25) is 4.79 Å². The van der Waals surface area contributed by atoms with Gasteiger partial charge in [0.05, 0.1) is 17.4 Å². The summed E-state index contributed by atoms with van der Waals surface area (Å²) in [5.74, 6) is 1.80. The molecule has 0 aromatic carbocycles. The van der Waals surface area contributed by atoms with Gasteiger partial charge in [-0.2, -0.15) is 4.98 Å². The summed E-state index contributed by atoms with van der Waals surface area (Å²) in [6.07, 6.45) is 1.80. The number of carbonyl (C=O) groups excluding carboxylic acids is 1. The zero-order chi connectivity index (χ0) is 22.7. The van der Waals surface area contributed by atoms with E-state index in [1.807, 2.05) is 13.0 Å². The number of anilines is 1. The van der Waals surface area contributed by atoms with Gasteiger partial charge in [0.2, 0.25) is 5.88 Å². The summed E-state index contributed by atoms with van der Waals surface area (Å²) in [4.78, 5) is 32.4. The van der Waals surface area contributed by atoms with Gasteiger partial charge in [0, 0.05) is 46.0 Å². The van der Waals surface area contributed by atoms with Crippen molar-refractivity contribution < 1.29 is 14.3 Å². The van der Waals surface area contributed by atoms with E-state index in [2.05, 4.69) is 43.2 Å². The zero-order valence-electron chi connectivity index (χ0n) is 18.8. The first-order valence-electron chi connectivity index (χ1n) is 10.5. The second kappa shape index (κ2) is 9.76. The molecule has 0 spiro atoms. The average molecular weight is 457 g/mol.